The molecule has 1 aliphatic heterocycles. The molecule has 43 heavy (non-hydrogen) atoms. The molecule has 0 radical (unpaired) electrons. The number of hydrazone groups is 1. The molecule has 1 atom stereocenters. The first-order valence-electron chi connectivity index (χ1n) is 14.5. The third-order valence-electron chi connectivity index (χ3n) is 7.71. The number of anilines is 1. The average Bonchev–Trinajstić information content (AvgIpc) is 3.75. The van der Waals surface area contributed by atoms with E-state index in [0.717, 1.165) is 40.1 Å². The lowest BCUT2D eigenvalue weighted by Gasteiger charge is -2.24. The minimum Gasteiger partial charge on any atom is -0.416 e. The minimum atomic E-state index is 0.153. The zero-order valence-corrected chi connectivity index (χ0v) is 23.8. The van der Waals surface area contributed by atoms with Crippen molar-refractivity contribution in [3.05, 3.63) is 161 Å². The van der Waals surface area contributed by atoms with E-state index < -0.39 is 0 Å². The highest BCUT2D eigenvalue weighted by molar-refractivity contribution is 6.03. The maximum atomic E-state index is 5.90. The van der Waals surface area contributed by atoms with Gasteiger partial charge in [-0.25, -0.2) is 0 Å². The second-order valence-corrected chi connectivity index (χ2v) is 10.7. The summed E-state index contributed by atoms with van der Waals surface area (Å²) in [5, 5.41) is 15.7. The Morgan fingerprint density at radius 3 is 1.77 bits per heavy atom. The van der Waals surface area contributed by atoms with Crippen LogP contribution in [0.3, 0.4) is 0 Å². The van der Waals surface area contributed by atoms with Gasteiger partial charge in [0.2, 0.25) is 11.8 Å². The zero-order valence-electron chi connectivity index (χ0n) is 23.8. The molecule has 0 bridgehead atoms. The van der Waals surface area contributed by atoms with Gasteiger partial charge in [0.25, 0.3) is 0 Å². The van der Waals surface area contributed by atoms with Gasteiger partial charge < -0.3 is 4.42 Å². The highest BCUT2D eigenvalue weighted by atomic mass is 16.4. The summed E-state index contributed by atoms with van der Waals surface area (Å²) in [5.41, 5.74) is 9.88. The fourth-order valence-corrected chi connectivity index (χ4v) is 5.31. The van der Waals surface area contributed by atoms with Crippen molar-refractivity contribution in [1.29, 1.82) is 0 Å². The van der Waals surface area contributed by atoms with Crippen molar-refractivity contribution in [2.24, 2.45) is 5.10 Å². The van der Waals surface area contributed by atoms with E-state index in [1.54, 1.807) is 0 Å². The van der Waals surface area contributed by atoms with Crippen molar-refractivity contribution >= 4 is 23.6 Å². The molecule has 2 heterocycles. The first kappa shape index (κ1) is 26.4. The van der Waals surface area contributed by atoms with Gasteiger partial charge in [-0.3, -0.25) is 5.01 Å². The molecule has 6 aromatic rings. The predicted octanol–water partition coefficient (Wildman–Crippen LogP) is 9.24. The van der Waals surface area contributed by atoms with Crippen LogP contribution in [0.1, 0.15) is 40.3 Å². The van der Waals surface area contributed by atoms with E-state index in [-0.39, 0.29) is 6.04 Å². The molecule has 1 aliphatic rings. The molecule has 208 valence electrons. The fourth-order valence-electron chi connectivity index (χ4n) is 5.31. The molecule has 0 aliphatic carbocycles. The van der Waals surface area contributed by atoms with E-state index in [1.165, 1.54) is 16.7 Å². The zero-order chi connectivity index (χ0) is 29.0. The Morgan fingerprint density at radius 2 is 1.14 bits per heavy atom. The summed E-state index contributed by atoms with van der Waals surface area (Å²) in [6, 6.07) is 46.0. The molecule has 0 spiro atoms. The minimum absolute atomic E-state index is 0.153. The van der Waals surface area contributed by atoms with Crippen molar-refractivity contribution in [1.82, 2.24) is 10.2 Å². The molecule has 0 saturated carbocycles. The maximum Gasteiger partial charge on any atom is 0.248 e. The predicted molar refractivity (Wildman–Crippen MR) is 175 cm³/mol. The van der Waals surface area contributed by atoms with Gasteiger partial charge in [0.15, 0.2) is 0 Å². The highest BCUT2D eigenvalue weighted by Gasteiger charge is 2.29. The molecular weight excluding hydrogens is 528 g/mol. The standard InChI is InChI=1S/C38H30N4O/c1-27-12-20-30(21-13-27)35-26-36(31-8-4-2-5-9-31)42(41-35)34-24-18-29(19-25-34)15-14-28-16-22-33(23-17-28)38-40-39-37(43-38)32-10-6-3-7-11-32/h2-25,36H,26H2,1H3/b15-14+. The number of aryl methyl sites for hydroxylation is 1. The van der Waals surface area contributed by atoms with E-state index in [1.807, 2.05) is 42.5 Å². The Balaban J connectivity index is 1.07. The Kier molecular flexibility index (Phi) is 7.20. The van der Waals surface area contributed by atoms with Gasteiger partial charge in [-0.05, 0) is 65.6 Å². The van der Waals surface area contributed by atoms with Crippen LogP contribution in [-0.4, -0.2) is 15.9 Å². The first-order valence-corrected chi connectivity index (χ1v) is 14.5. The number of aromatic nitrogens is 2. The van der Waals surface area contributed by atoms with Gasteiger partial charge in [-0.1, -0.05) is 115 Å². The molecule has 0 N–H and O–H groups in total. The number of hydrogen-bond donors (Lipinski definition) is 0. The topological polar surface area (TPSA) is 54.5 Å². The smallest absolute Gasteiger partial charge is 0.248 e. The van der Waals surface area contributed by atoms with Crippen molar-refractivity contribution in [3.63, 3.8) is 0 Å². The maximum absolute atomic E-state index is 5.90. The molecule has 0 amide bonds. The molecule has 5 nitrogen and oxygen atoms in total. The molecule has 1 unspecified atom stereocenters. The van der Waals surface area contributed by atoms with Crippen LogP contribution in [0.15, 0.2) is 143 Å². The van der Waals surface area contributed by atoms with Gasteiger partial charge in [0.05, 0.1) is 17.4 Å². The summed E-state index contributed by atoms with van der Waals surface area (Å²) >= 11 is 0. The molecular formula is C38H30N4O. The highest BCUT2D eigenvalue weighted by Crippen LogP contribution is 2.37. The average molecular weight is 559 g/mol. The number of hydrogen-bond acceptors (Lipinski definition) is 5. The molecule has 0 fully saturated rings. The van der Waals surface area contributed by atoms with Gasteiger partial charge >= 0.3 is 0 Å². The molecule has 0 saturated heterocycles. The Labute approximate surface area is 251 Å². The van der Waals surface area contributed by atoms with Gasteiger partial charge in [-0.15, -0.1) is 10.2 Å². The summed E-state index contributed by atoms with van der Waals surface area (Å²) in [4.78, 5) is 0. The number of nitrogens with zero attached hydrogens (tertiary/aromatic N) is 4. The third kappa shape index (κ3) is 5.79. The fraction of sp³-hybridized carbons (Fsp3) is 0.0789. The van der Waals surface area contributed by atoms with E-state index in [4.69, 9.17) is 9.52 Å². The van der Waals surface area contributed by atoms with Crippen LogP contribution in [0.25, 0.3) is 35.1 Å². The van der Waals surface area contributed by atoms with Crippen molar-refractivity contribution in [3.8, 4) is 22.9 Å². The summed E-state index contributed by atoms with van der Waals surface area (Å²) < 4.78 is 5.90. The van der Waals surface area contributed by atoms with Gasteiger partial charge in [0, 0.05) is 17.5 Å². The Hall–Kier alpha value is -5.55. The van der Waals surface area contributed by atoms with Crippen LogP contribution in [0.2, 0.25) is 0 Å². The lowest BCUT2D eigenvalue weighted by molar-refractivity contribution is 0.584. The largest absolute Gasteiger partial charge is 0.416 e. The van der Waals surface area contributed by atoms with Crippen molar-refractivity contribution < 1.29 is 4.42 Å². The van der Waals surface area contributed by atoms with Crippen molar-refractivity contribution in [2.75, 3.05) is 5.01 Å². The summed E-state index contributed by atoms with van der Waals surface area (Å²) in [6.45, 7) is 2.11. The summed E-state index contributed by atoms with van der Waals surface area (Å²) in [5.74, 6) is 1.03. The van der Waals surface area contributed by atoms with Crippen molar-refractivity contribution in [2.45, 2.75) is 19.4 Å². The van der Waals surface area contributed by atoms with E-state index >= 15 is 0 Å². The Morgan fingerprint density at radius 1 is 0.605 bits per heavy atom. The van der Waals surface area contributed by atoms with Crippen LogP contribution in [-0.2, 0) is 0 Å². The van der Waals surface area contributed by atoms with Crippen LogP contribution in [0.4, 0.5) is 5.69 Å². The first-order chi connectivity index (χ1) is 21.2. The molecule has 7 rings (SSSR count). The van der Waals surface area contributed by atoms with E-state index in [2.05, 4.69) is 125 Å². The van der Waals surface area contributed by atoms with Crippen LogP contribution < -0.4 is 5.01 Å². The van der Waals surface area contributed by atoms with Gasteiger partial charge in [-0.2, -0.15) is 5.10 Å². The lowest BCUT2D eigenvalue weighted by Crippen LogP contribution is -2.18. The lowest BCUT2D eigenvalue weighted by atomic mass is 9.98. The number of benzene rings is 5. The monoisotopic (exact) mass is 558 g/mol. The number of rotatable bonds is 7. The molecule has 5 aromatic carbocycles. The van der Waals surface area contributed by atoms with Crippen LogP contribution in [0.5, 0.6) is 0 Å². The SMILES string of the molecule is Cc1ccc(C2=NN(c3ccc(/C=C/c4ccc(-c5nnc(-c6ccccc6)o5)cc4)cc3)C(c3ccccc3)C2)cc1. The second-order valence-electron chi connectivity index (χ2n) is 10.7. The normalized spacial score (nSPS) is 14.8. The van der Waals surface area contributed by atoms with Gasteiger partial charge in [0.1, 0.15) is 0 Å². The third-order valence-corrected chi connectivity index (χ3v) is 7.71. The Bertz CT molecular complexity index is 1870. The van der Waals surface area contributed by atoms with E-state index in [9.17, 15) is 0 Å². The van der Waals surface area contributed by atoms with Crippen LogP contribution in [0, 0.1) is 6.92 Å². The molecule has 5 heteroatoms. The summed E-state index contributed by atoms with van der Waals surface area (Å²) in [7, 11) is 0. The van der Waals surface area contributed by atoms with E-state index in [0.29, 0.717) is 11.8 Å². The second kappa shape index (κ2) is 11.7. The summed E-state index contributed by atoms with van der Waals surface area (Å²) in [6.07, 6.45) is 5.10. The van der Waals surface area contributed by atoms with Crippen LogP contribution >= 0.6 is 0 Å². The molecule has 1 aromatic heterocycles. The quantitative estimate of drug-likeness (QED) is 0.183.